The standard InChI is InChI=1S/C19H22N4O3S/c1-5-22-14-9-8-13(18(25)26-7-3)11-16(14)27-19(22)20-17(24)15-10-12(4)21-23(15)6-2/h8-11H,5-7H2,1-4H3. The van der Waals surface area contributed by atoms with Gasteiger partial charge in [-0.3, -0.25) is 9.48 Å². The third-order valence-corrected chi connectivity index (χ3v) is 5.17. The van der Waals surface area contributed by atoms with Crippen molar-refractivity contribution in [2.45, 2.75) is 40.8 Å². The number of carbonyl (C=O) groups is 2. The van der Waals surface area contributed by atoms with Crippen LogP contribution in [0.15, 0.2) is 29.3 Å². The van der Waals surface area contributed by atoms with E-state index < -0.39 is 0 Å². The number of aryl methyl sites for hydroxylation is 3. The number of benzene rings is 1. The van der Waals surface area contributed by atoms with Crippen LogP contribution in [0.5, 0.6) is 0 Å². The molecule has 8 heteroatoms. The predicted molar refractivity (Wildman–Crippen MR) is 104 cm³/mol. The lowest BCUT2D eigenvalue weighted by atomic mass is 10.2. The molecular formula is C19H22N4O3S. The zero-order valence-corrected chi connectivity index (χ0v) is 16.7. The fourth-order valence-electron chi connectivity index (χ4n) is 2.91. The van der Waals surface area contributed by atoms with Crippen LogP contribution >= 0.6 is 11.3 Å². The molecule has 27 heavy (non-hydrogen) atoms. The van der Waals surface area contributed by atoms with Gasteiger partial charge in [0.05, 0.1) is 28.1 Å². The molecule has 0 bridgehead atoms. The molecule has 142 valence electrons. The van der Waals surface area contributed by atoms with Crippen LogP contribution in [0.4, 0.5) is 0 Å². The molecule has 0 radical (unpaired) electrons. The minimum atomic E-state index is -0.354. The highest BCUT2D eigenvalue weighted by Crippen LogP contribution is 2.20. The molecule has 0 atom stereocenters. The second kappa shape index (κ2) is 7.87. The number of rotatable bonds is 5. The maximum atomic E-state index is 12.7. The third-order valence-electron chi connectivity index (χ3n) is 4.13. The number of hydrogen-bond acceptors (Lipinski definition) is 5. The molecule has 0 aliphatic heterocycles. The van der Waals surface area contributed by atoms with Gasteiger partial charge in [-0.2, -0.15) is 10.1 Å². The van der Waals surface area contributed by atoms with E-state index in [2.05, 4.69) is 10.1 Å². The zero-order chi connectivity index (χ0) is 19.6. The Morgan fingerprint density at radius 2 is 1.96 bits per heavy atom. The monoisotopic (exact) mass is 386 g/mol. The van der Waals surface area contributed by atoms with Crippen molar-refractivity contribution >= 4 is 33.4 Å². The van der Waals surface area contributed by atoms with E-state index in [1.54, 1.807) is 29.8 Å². The summed E-state index contributed by atoms with van der Waals surface area (Å²) in [6, 6.07) is 7.14. The molecule has 7 nitrogen and oxygen atoms in total. The zero-order valence-electron chi connectivity index (χ0n) is 15.9. The van der Waals surface area contributed by atoms with E-state index in [1.165, 1.54) is 11.3 Å². The van der Waals surface area contributed by atoms with E-state index in [0.717, 1.165) is 15.9 Å². The second-order valence-electron chi connectivity index (χ2n) is 5.94. The van der Waals surface area contributed by atoms with Crippen LogP contribution in [0.1, 0.15) is 47.3 Å². The number of hydrogen-bond donors (Lipinski definition) is 0. The molecule has 0 saturated carbocycles. The molecule has 2 heterocycles. The SMILES string of the molecule is CCOC(=O)c1ccc2c(c1)sc(=NC(=O)c1cc(C)nn1CC)n2CC. The maximum Gasteiger partial charge on any atom is 0.338 e. The van der Waals surface area contributed by atoms with Crippen molar-refractivity contribution in [3.8, 4) is 0 Å². The third kappa shape index (κ3) is 3.71. The minimum Gasteiger partial charge on any atom is -0.462 e. The first-order valence-electron chi connectivity index (χ1n) is 8.92. The number of esters is 1. The molecule has 0 N–H and O–H groups in total. The lowest BCUT2D eigenvalue weighted by Crippen LogP contribution is -2.17. The van der Waals surface area contributed by atoms with Crippen molar-refractivity contribution in [3.63, 3.8) is 0 Å². The van der Waals surface area contributed by atoms with E-state index in [1.807, 2.05) is 31.4 Å². The number of nitrogens with zero attached hydrogens (tertiary/aromatic N) is 4. The van der Waals surface area contributed by atoms with Crippen molar-refractivity contribution < 1.29 is 14.3 Å². The minimum absolute atomic E-state index is 0.322. The first kappa shape index (κ1) is 19.0. The summed E-state index contributed by atoms with van der Waals surface area (Å²) in [6.07, 6.45) is 0. The lowest BCUT2D eigenvalue weighted by molar-refractivity contribution is 0.0526. The maximum absolute atomic E-state index is 12.7. The van der Waals surface area contributed by atoms with Crippen LogP contribution < -0.4 is 4.80 Å². The Kier molecular flexibility index (Phi) is 5.55. The fourth-order valence-corrected chi connectivity index (χ4v) is 4.04. The predicted octanol–water partition coefficient (Wildman–Crippen LogP) is 3.17. The van der Waals surface area contributed by atoms with Crippen LogP contribution in [0.3, 0.4) is 0 Å². The molecule has 0 spiro atoms. The molecule has 3 aromatic rings. The topological polar surface area (TPSA) is 78.5 Å². The normalized spacial score (nSPS) is 11.9. The number of ether oxygens (including phenoxy) is 1. The lowest BCUT2D eigenvalue weighted by Gasteiger charge is -2.03. The van der Waals surface area contributed by atoms with E-state index in [-0.39, 0.29) is 11.9 Å². The molecule has 0 fully saturated rings. The summed E-state index contributed by atoms with van der Waals surface area (Å²) >= 11 is 1.38. The molecule has 0 saturated heterocycles. The van der Waals surface area contributed by atoms with Gasteiger partial charge in [-0.1, -0.05) is 11.3 Å². The van der Waals surface area contributed by atoms with Crippen LogP contribution in [0, 0.1) is 6.92 Å². The Bertz CT molecular complexity index is 1070. The van der Waals surface area contributed by atoms with Crippen molar-refractivity contribution in [2.24, 2.45) is 4.99 Å². The van der Waals surface area contributed by atoms with Gasteiger partial charge in [-0.25, -0.2) is 4.79 Å². The number of fused-ring (bicyclic) bond motifs is 1. The Balaban J connectivity index is 2.08. The van der Waals surface area contributed by atoms with Crippen molar-refractivity contribution in [3.05, 3.63) is 46.0 Å². The van der Waals surface area contributed by atoms with E-state index in [4.69, 9.17) is 4.74 Å². The number of carbonyl (C=O) groups excluding carboxylic acids is 2. The van der Waals surface area contributed by atoms with Gasteiger partial charge < -0.3 is 9.30 Å². The number of aromatic nitrogens is 3. The summed E-state index contributed by atoms with van der Waals surface area (Å²) in [5.41, 5.74) is 2.69. The first-order chi connectivity index (χ1) is 13.0. The highest BCUT2D eigenvalue weighted by Gasteiger charge is 2.15. The molecule has 0 aliphatic carbocycles. The van der Waals surface area contributed by atoms with E-state index >= 15 is 0 Å². The van der Waals surface area contributed by atoms with Gasteiger partial charge in [0.2, 0.25) is 0 Å². The smallest absolute Gasteiger partial charge is 0.338 e. The van der Waals surface area contributed by atoms with Gasteiger partial charge in [0.25, 0.3) is 5.91 Å². The van der Waals surface area contributed by atoms with Crippen LogP contribution in [0.2, 0.25) is 0 Å². The molecule has 1 aromatic carbocycles. The molecule has 0 unspecified atom stereocenters. The van der Waals surface area contributed by atoms with Gasteiger partial charge >= 0.3 is 5.97 Å². The van der Waals surface area contributed by atoms with Gasteiger partial charge in [0.15, 0.2) is 4.80 Å². The average Bonchev–Trinajstić information content (AvgIpc) is 3.20. The second-order valence-corrected chi connectivity index (χ2v) is 6.94. The first-order valence-corrected chi connectivity index (χ1v) is 9.74. The summed E-state index contributed by atoms with van der Waals surface area (Å²) in [4.78, 5) is 29.6. The Morgan fingerprint density at radius 1 is 1.19 bits per heavy atom. The summed E-state index contributed by atoms with van der Waals surface area (Å²) in [7, 11) is 0. The van der Waals surface area contributed by atoms with Gasteiger partial charge in [-0.05, 0) is 52.0 Å². The largest absolute Gasteiger partial charge is 0.462 e. The van der Waals surface area contributed by atoms with Crippen molar-refractivity contribution in [1.82, 2.24) is 14.3 Å². The molecule has 2 aromatic heterocycles. The van der Waals surface area contributed by atoms with Crippen LogP contribution in [-0.2, 0) is 17.8 Å². The molecule has 0 aliphatic rings. The average molecular weight is 386 g/mol. The van der Waals surface area contributed by atoms with Gasteiger partial charge in [0.1, 0.15) is 5.69 Å². The van der Waals surface area contributed by atoms with Gasteiger partial charge in [-0.15, -0.1) is 0 Å². The number of thiazole rings is 1. The molecule has 1 amide bonds. The molecule has 3 rings (SSSR count). The van der Waals surface area contributed by atoms with E-state index in [9.17, 15) is 9.59 Å². The Labute approximate surface area is 160 Å². The Hall–Kier alpha value is -2.74. The fraction of sp³-hybridized carbons (Fsp3) is 0.368. The van der Waals surface area contributed by atoms with E-state index in [0.29, 0.717) is 35.8 Å². The number of amides is 1. The Morgan fingerprint density at radius 3 is 2.63 bits per heavy atom. The highest BCUT2D eigenvalue weighted by molar-refractivity contribution is 7.16. The van der Waals surface area contributed by atoms with Crippen LogP contribution in [0.25, 0.3) is 10.2 Å². The highest BCUT2D eigenvalue weighted by atomic mass is 32.1. The summed E-state index contributed by atoms with van der Waals surface area (Å²) in [5.74, 6) is -0.676. The van der Waals surface area contributed by atoms with Crippen LogP contribution in [-0.4, -0.2) is 32.8 Å². The van der Waals surface area contributed by atoms with Crippen molar-refractivity contribution in [2.75, 3.05) is 6.61 Å². The van der Waals surface area contributed by atoms with Gasteiger partial charge in [0, 0.05) is 13.1 Å². The summed E-state index contributed by atoms with van der Waals surface area (Å²) in [5, 5.41) is 4.31. The van der Waals surface area contributed by atoms with Crippen molar-refractivity contribution in [1.29, 1.82) is 0 Å². The molecular weight excluding hydrogens is 364 g/mol. The summed E-state index contributed by atoms with van der Waals surface area (Å²) in [6.45, 7) is 9.16. The summed E-state index contributed by atoms with van der Waals surface area (Å²) < 4.78 is 9.57. The quantitative estimate of drug-likeness (QED) is 0.631.